The van der Waals surface area contributed by atoms with Crippen LogP contribution in [0.4, 0.5) is 8.78 Å². The first kappa shape index (κ1) is 18.7. The van der Waals surface area contributed by atoms with Gasteiger partial charge < -0.3 is 15.0 Å². The van der Waals surface area contributed by atoms with Crippen molar-refractivity contribution in [3.8, 4) is 5.75 Å². The standard InChI is InChI=1S/C21H28F2N2O2/c1-25(12-14-2-4-18(5-3-14)27-20(22)23)13-19(26)24-21-9-15-6-16(10-21)8-17(7-15)11-21/h2-5,15-17,20H,6-13H2,1H3,(H,24,26)/p+1. The van der Waals surface area contributed by atoms with Crippen LogP contribution in [0.5, 0.6) is 5.75 Å². The molecule has 2 N–H and O–H groups in total. The third-order valence-corrected chi connectivity index (χ3v) is 6.56. The molecule has 5 rings (SSSR count). The van der Waals surface area contributed by atoms with Gasteiger partial charge in [-0.15, -0.1) is 0 Å². The van der Waals surface area contributed by atoms with Crippen molar-refractivity contribution in [2.45, 2.75) is 57.2 Å². The summed E-state index contributed by atoms with van der Waals surface area (Å²) < 4.78 is 28.8. The number of benzene rings is 1. The van der Waals surface area contributed by atoms with Crippen LogP contribution in [0.1, 0.15) is 44.1 Å². The second kappa shape index (κ2) is 7.38. The molecule has 6 heteroatoms. The van der Waals surface area contributed by atoms with E-state index in [0.29, 0.717) is 13.1 Å². The van der Waals surface area contributed by atoms with Crippen molar-refractivity contribution in [3.63, 3.8) is 0 Å². The quantitative estimate of drug-likeness (QED) is 0.764. The molecule has 0 saturated heterocycles. The summed E-state index contributed by atoms with van der Waals surface area (Å²) in [6.45, 7) is -1.71. The number of ether oxygens (including phenoxy) is 1. The second-order valence-electron chi connectivity index (χ2n) is 9.08. The van der Waals surface area contributed by atoms with Crippen molar-refractivity contribution < 1.29 is 23.2 Å². The molecule has 4 nitrogen and oxygen atoms in total. The molecule has 0 aromatic heterocycles. The Morgan fingerprint density at radius 1 is 1.15 bits per heavy atom. The molecular weight excluding hydrogens is 350 g/mol. The molecule has 4 aliphatic carbocycles. The SMILES string of the molecule is C[NH+](CC(=O)NC12CC3CC(CC(C3)C1)C2)Cc1ccc(OC(F)F)cc1. The van der Waals surface area contributed by atoms with Gasteiger partial charge >= 0.3 is 6.61 Å². The van der Waals surface area contributed by atoms with Crippen molar-refractivity contribution in [2.75, 3.05) is 13.6 Å². The van der Waals surface area contributed by atoms with Crippen LogP contribution in [0, 0.1) is 17.8 Å². The number of carbonyl (C=O) groups excluding carboxylic acids is 1. The van der Waals surface area contributed by atoms with E-state index in [1.54, 1.807) is 24.3 Å². The summed E-state index contributed by atoms with van der Waals surface area (Å²) in [5.74, 6) is 2.74. The van der Waals surface area contributed by atoms with Gasteiger partial charge in [0, 0.05) is 11.1 Å². The Hall–Kier alpha value is -1.69. The summed E-state index contributed by atoms with van der Waals surface area (Å²) in [4.78, 5) is 13.8. The maximum atomic E-state index is 12.7. The van der Waals surface area contributed by atoms with E-state index in [9.17, 15) is 13.6 Å². The lowest BCUT2D eigenvalue weighted by atomic mass is 9.53. The fraction of sp³-hybridized carbons (Fsp3) is 0.667. The first-order valence-corrected chi connectivity index (χ1v) is 10.1. The Kier molecular flexibility index (Phi) is 5.10. The van der Waals surface area contributed by atoms with Gasteiger partial charge in [-0.3, -0.25) is 4.79 Å². The average Bonchev–Trinajstić information content (AvgIpc) is 2.54. The topological polar surface area (TPSA) is 42.8 Å². The van der Waals surface area contributed by atoms with Crippen molar-refractivity contribution in [3.05, 3.63) is 29.8 Å². The Labute approximate surface area is 159 Å². The van der Waals surface area contributed by atoms with E-state index >= 15 is 0 Å². The van der Waals surface area contributed by atoms with Crippen LogP contribution in [0.3, 0.4) is 0 Å². The van der Waals surface area contributed by atoms with Crippen LogP contribution in [-0.2, 0) is 11.3 Å². The minimum atomic E-state index is -2.81. The van der Waals surface area contributed by atoms with E-state index in [-0.39, 0.29) is 17.2 Å². The predicted octanol–water partition coefficient (Wildman–Crippen LogP) is 2.39. The number of rotatable bonds is 7. The van der Waals surface area contributed by atoms with Crippen molar-refractivity contribution >= 4 is 5.91 Å². The number of alkyl halides is 2. The zero-order chi connectivity index (χ0) is 19.0. The van der Waals surface area contributed by atoms with Gasteiger partial charge in [-0.25, -0.2) is 0 Å². The Balaban J connectivity index is 1.28. The normalized spacial score (nSPS) is 32.5. The van der Waals surface area contributed by atoms with E-state index in [2.05, 4.69) is 10.1 Å². The molecule has 0 heterocycles. The number of likely N-dealkylation sites (N-methyl/N-ethyl adjacent to an activating group) is 1. The third-order valence-electron chi connectivity index (χ3n) is 6.56. The van der Waals surface area contributed by atoms with Crippen LogP contribution in [-0.4, -0.2) is 31.7 Å². The molecule has 4 fully saturated rings. The van der Waals surface area contributed by atoms with E-state index in [0.717, 1.165) is 47.5 Å². The van der Waals surface area contributed by atoms with Gasteiger partial charge in [0.25, 0.3) is 5.91 Å². The maximum Gasteiger partial charge on any atom is 0.387 e. The van der Waals surface area contributed by atoms with Crippen molar-refractivity contribution in [1.82, 2.24) is 5.32 Å². The first-order chi connectivity index (χ1) is 12.9. The van der Waals surface area contributed by atoms with Crippen LogP contribution >= 0.6 is 0 Å². The van der Waals surface area contributed by atoms with Crippen LogP contribution in [0.2, 0.25) is 0 Å². The Morgan fingerprint density at radius 2 is 1.70 bits per heavy atom. The van der Waals surface area contributed by atoms with E-state index in [1.165, 1.54) is 19.3 Å². The molecule has 27 heavy (non-hydrogen) atoms. The van der Waals surface area contributed by atoms with Crippen LogP contribution < -0.4 is 15.0 Å². The molecule has 0 aliphatic heterocycles. The number of carbonyl (C=O) groups is 1. The van der Waals surface area contributed by atoms with Crippen molar-refractivity contribution in [1.29, 1.82) is 0 Å². The summed E-state index contributed by atoms with van der Waals surface area (Å²) in [6.07, 6.45) is 7.59. The molecule has 1 aromatic carbocycles. The molecular formula is C21H29F2N2O2+. The monoisotopic (exact) mass is 379 g/mol. The molecule has 1 amide bonds. The van der Waals surface area contributed by atoms with Gasteiger partial charge in [-0.2, -0.15) is 8.78 Å². The smallest absolute Gasteiger partial charge is 0.387 e. The maximum absolute atomic E-state index is 12.7. The largest absolute Gasteiger partial charge is 0.435 e. The molecule has 1 aromatic rings. The predicted molar refractivity (Wildman–Crippen MR) is 97.6 cm³/mol. The Bertz CT molecular complexity index is 642. The number of hydrogen-bond acceptors (Lipinski definition) is 2. The van der Waals surface area contributed by atoms with E-state index < -0.39 is 6.61 Å². The minimum Gasteiger partial charge on any atom is -0.435 e. The first-order valence-electron chi connectivity index (χ1n) is 10.1. The summed E-state index contributed by atoms with van der Waals surface area (Å²) in [5, 5.41) is 3.41. The third kappa shape index (κ3) is 4.42. The van der Waals surface area contributed by atoms with Crippen molar-refractivity contribution in [2.24, 2.45) is 17.8 Å². The lowest BCUT2D eigenvalue weighted by molar-refractivity contribution is -0.885. The van der Waals surface area contributed by atoms with E-state index in [1.807, 2.05) is 7.05 Å². The molecule has 4 aliphatic rings. The molecule has 1 unspecified atom stereocenters. The van der Waals surface area contributed by atoms with Gasteiger partial charge in [0.2, 0.25) is 0 Å². The minimum absolute atomic E-state index is 0.0559. The van der Waals surface area contributed by atoms with Gasteiger partial charge in [0.05, 0.1) is 7.05 Å². The second-order valence-corrected chi connectivity index (χ2v) is 9.08. The number of amides is 1. The molecule has 0 spiro atoms. The van der Waals surface area contributed by atoms with Gasteiger partial charge in [-0.05, 0) is 80.5 Å². The fourth-order valence-electron chi connectivity index (χ4n) is 6.08. The highest BCUT2D eigenvalue weighted by molar-refractivity contribution is 5.77. The van der Waals surface area contributed by atoms with Gasteiger partial charge in [0.15, 0.2) is 6.54 Å². The summed E-state index contributed by atoms with van der Waals surface area (Å²) >= 11 is 0. The van der Waals surface area contributed by atoms with Crippen LogP contribution in [0.15, 0.2) is 24.3 Å². The highest BCUT2D eigenvalue weighted by Crippen LogP contribution is 2.55. The average molecular weight is 379 g/mol. The molecule has 0 radical (unpaired) electrons. The molecule has 1 atom stereocenters. The zero-order valence-corrected chi connectivity index (χ0v) is 15.8. The number of quaternary nitrogens is 1. The fourth-order valence-corrected chi connectivity index (χ4v) is 6.08. The number of halogens is 2. The van der Waals surface area contributed by atoms with Gasteiger partial charge in [-0.1, -0.05) is 0 Å². The van der Waals surface area contributed by atoms with Crippen LogP contribution in [0.25, 0.3) is 0 Å². The van der Waals surface area contributed by atoms with Gasteiger partial charge in [0.1, 0.15) is 12.3 Å². The summed E-state index contributed by atoms with van der Waals surface area (Å²) in [7, 11) is 1.99. The lowest BCUT2D eigenvalue weighted by Crippen LogP contribution is -3.09. The highest BCUT2D eigenvalue weighted by Gasteiger charge is 2.51. The molecule has 4 saturated carbocycles. The number of nitrogens with one attached hydrogen (secondary N) is 2. The lowest BCUT2D eigenvalue weighted by Gasteiger charge is -2.56. The Morgan fingerprint density at radius 3 is 2.22 bits per heavy atom. The summed E-state index contributed by atoms with van der Waals surface area (Å²) in [5.41, 5.74) is 1.05. The van der Waals surface area contributed by atoms with E-state index in [4.69, 9.17) is 0 Å². The summed E-state index contributed by atoms with van der Waals surface area (Å²) in [6, 6.07) is 6.64. The number of hydrogen-bond donors (Lipinski definition) is 2. The highest BCUT2D eigenvalue weighted by atomic mass is 19.3. The molecule has 148 valence electrons. The zero-order valence-electron chi connectivity index (χ0n) is 15.8. The molecule has 4 bridgehead atoms.